The molecule has 0 amide bonds. The maximum absolute atomic E-state index is 12.9. The van der Waals surface area contributed by atoms with E-state index in [4.69, 9.17) is 0 Å². The molecule has 136 valence electrons. The van der Waals surface area contributed by atoms with Crippen molar-refractivity contribution in [2.75, 3.05) is 16.4 Å². The van der Waals surface area contributed by atoms with E-state index in [0.29, 0.717) is 35.1 Å². The van der Waals surface area contributed by atoms with Crippen LogP contribution in [0.3, 0.4) is 0 Å². The summed E-state index contributed by atoms with van der Waals surface area (Å²) in [5, 5.41) is 7.84. The van der Waals surface area contributed by atoms with E-state index < -0.39 is 0 Å². The molecule has 0 bridgehead atoms. The van der Waals surface area contributed by atoms with E-state index in [-0.39, 0.29) is 11.1 Å². The fourth-order valence-electron chi connectivity index (χ4n) is 2.59. The van der Waals surface area contributed by atoms with Crippen LogP contribution in [0.4, 0.5) is 17.5 Å². The zero-order chi connectivity index (χ0) is 18.7. The molecular weight excluding hydrogens is 348 g/mol. The number of hydrogen-bond acceptors (Lipinski definition) is 7. The second-order valence-corrected chi connectivity index (χ2v) is 7.40. The van der Waals surface area contributed by atoms with Gasteiger partial charge in [0.25, 0.3) is 5.56 Å². The minimum atomic E-state index is -0.248. The summed E-state index contributed by atoms with van der Waals surface area (Å²) in [6.45, 7) is 6.63. The number of aryl methyl sites for hydroxylation is 1. The van der Waals surface area contributed by atoms with Crippen LogP contribution in [0.25, 0.3) is 10.8 Å². The number of aromatic nitrogens is 4. The Morgan fingerprint density at radius 2 is 2.04 bits per heavy atom. The second kappa shape index (κ2) is 7.33. The first-order valence-electron chi connectivity index (χ1n) is 8.34. The monoisotopic (exact) mass is 370 g/mol. The van der Waals surface area contributed by atoms with E-state index in [2.05, 4.69) is 38.2 Å². The van der Waals surface area contributed by atoms with Crippen molar-refractivity contribution in [3.63, 3.8) is 0 Å². The molecule has 0 aromatic carbocycles. The van der Waals surface area contributed by atoms with Gasteiger partial charge in [0.1, 0.15) is 17.5 Å². The Bertz CT molecular complexity index is 965. The minimum Gasteiger partial charge on any atom is -0.365 e. The topological polar surface area (TPSA) is 84.7 Å². The molecule has 2 N–H and O–H groups in total. The van der Waals surface area contributed by atoms with Crippen molar-refractivity contribution >= 4 is 40.9 Å². The first-order chi connectivity index (χ1) is 12.4. The average molecular weight is 370 g/mol. The molecule has 0 unspecified atom stereocenters. The Labute approximate surface area is 157 Å². The summed E-state index contributed by atoms with van der Waals surface area (Å²) in [5.74, 6) is 2.31. The van der Waals surface area contributed by atoms with Gasteiger partial charge in [-0.2, -0.15) is 12.6 Å². The van der Waals surface area contributed by atoms with Crippen LogP contribution in [0.15, 0.2) is 41.7 Å². The molecule has 7 nitrogen and oxygen atoms in total. The number of anilines is 3. The van der Waals surface area contributed by atoms with Crippen molar-refractivity contribution < 1.29 is 0 Å². The first-order valence-corrected chi connectivity index (χ1v) is 8.97. The molecule has 3 aromatic rings. The lowest BCUT2D eigenvalue weighted by Gasteiger charge is -2.23. The summed E-state index contributed by atoms with van der Waals surface area (Å²) in [6.07, 6.45) is 6.62. The molecule has 3 rings (SSSR count). The van der Waals surface area contributed by atoms with Gasteiger partial charge in [-0.3, -0.25) is 9.78 Å². The molecule has 0 aliphatic rings. The van der Waals surface area contributed by atoms with Crippen LogP contribution >= 0.6 is 12.6 Å². The van der Waals surface area contributed by atoms with Gasteiger partial charge in [-0.1, -0.05) is 0 Å². The lowest BCUT2D eigenvalue weighted by molar-refractivity contribution is 0.631. The molecule has 3 heterocycles. The second-order valence-electron chi connectivity index (χ2n) is 6.95. The molecule has 0 radical (unpaired) electrons. The molecule has 0 saturated carbocycles. The average Bonchev–Trinajstić information content (AvgIpc) is 2.57. The van der Waals surface area contributed by atoms with Gasteiger partial charge in [0.15, 0.2) is 0 Å². The van der Waals surface area contributed by atoms with Gasteiger partial charge in [0, 0.05) is 36.4 Å². The number of rotatable bonds is 5. The fraction of sp³-hybridized carbons (Fsp3) is 0.333. The number of thiol groups is 1. The fourth-order valence-corrected chi connectivity index (χ4v) is 2.81. The summed E-state index contributed by atoms with van der Waals surface area (Å²) >= 11 is 4.23. The van der Waals surface area contributed by atoms with Crippen LogP contribution in [-0.4, -0.2) is 30.8 Å². The SMILES string of the molecule is CC(C)(C)Nc1nc(Nc2cnccn2)cc2ccn(CCS)c(=O)c12. The predicted molar refractivity (Wildman–Crippen MR) is 109 cm³/mol. The summed E-state index contributed by atoms with van der Waals surface area (Å²) < 4.78 is 1.65. The molecular formula is C18H22N6OS. The Kier molecular flexibility index (Phi) is 5.13. The molecule has 0 aliphatic carbocycles. The molecule has 0 fully saturated rings. The van der Waals surface area contributed by atoms with Gasteiger partial charge in [-0.05, 0) is 38.3 Å². The van der Waals surface area contributed by atoms with E-state index in [0.717, 1.165) is 5.39 Å². The van der Waals surface area contributed by atoms with Crippen molar-refractivity contribution in [3.8, 4) is 0 Å². The largest absolute Gasteiger partial charge is 0.365 e. The normalized spacial score (nSPS) is 11.5. The van der Waals surface area contributed by atoms with Crippen molar-refractivity contribution in [1.82, 2.24) is 19.5 Å². The minimum absolute atomic E-state index is 0.0816. The highest BCUT2D eigenvalue weighted by Crippen LogP contribution is 2.25. The lowest BCUT2D eigenvalue weighted by atomic mass is 10.1. The van der Waals surface area contributed by atoms with E-state index in [1.807, 2.05) is 32.9 Å². The molecule has 3 aromatic heterocycles. The van der Waals surface area contributed by atoms with Crippen LogP contribution < -0.4 is 16.2 Å². The van der Waals surface area contributed by atoms with Gasteiger partial charge >= 0.3 is 0 Å². The Hall–Kier alpha value is -2.61. The summed E-state index contributed by atoms with van der Waals surface area (Å²) in [6, 6.07) is 3.75. The van der Waals surface area contributed by atoms with Crippen LogP contribution in [0, 0.1) is 0 Å². The third-order valence-corrected chi connectivity index (χ3v) is 3.81. The van der Waals surface area contributed by atoms with Crippen molar-refractivity contribution in [2.45, 2.75) is 32.9 Å². The first kappa shape index (κ1) is 18.2. The number of fused-ring (bicyclic) bond motifs is 1. The zero-order valence-corrected chi connectivity index (χ0v) is 15.9. The maximum atomic E-state index is 12.9. The number of pyridine rings is 2. The number of nitrogens with zero attached hydrogens (tertiary/aromatic N) is 4. The maximum Gasteiger partial charge on any atom is 0.262 e. The highest BCUT2D eigenvalue weighted by Gasteiger charge is 2.17. The van der Waals surface area contributed by atoms with Crippen LogP contribution in [-0.2, 0) is 6.54 Å². The highest BCUT2D eigenvalue weighted by atomic mass is 32.1. The third-order valence-electron chi connectivity index (χ3n) is 3.61. The van der Waals surface area contributed by atoms with Crippen LogP contribution in [0.1, 0.15) is 20.8 Å². The number of nitrogens with one attached hydrogen (secondary N) is 2. The highest BCUT2D eigenvalue weighted by molar-refractivity contribution is 7.80. The Morgan fingerprint density at radius 3 is 2.69 bits per heavy atom. The zero-order valence-electron chi connectivity index (χ0n) is 15.0. The molecule has 0 aliphatic heterocycles. The molecule has 26 heavy (non-hydrogen) atoms. The molecule has 0 spiro atoms. The van der Waals surface area contributed by atoms with Gasteiger partial charge in [-0.25, -0.2) is 9.97 Å². The standard InChI is InChI=1S/C18H22N6OS/c1-18(2,3)23-16-15-12(4-7-24(8-9-26)17(15)25)10-13(22-16)21-14-11-19-5-6-20-14/h4-7,10-11,26H,8-9H2,1-3H3,(H2,20,21,22,23). The molecule has 0 saturated heterocycles. The van der Waals surface area contributed by atoms with Crippen molar-refractivity contribution in [2.24, 2.45) is 0 Å². The van der Waals surface area contributed by atoms with E-state index >= 15 is 0 Å². The summed E-state index contributed by atoms with van der Waals surface area (Å²) in [7, 11) is 0. The van der Waals surface area contributed by atoms with E-state index in [1.54, 1.807) is 29.4 Å². The Balaban J connectivity index is 2.15. The van der Waals surface area contributed by atoms with Gasteiger partial charge in [0.2, 0.25) is 0 Å². The summed E-state index contributed by atoms with van der Waals surface area (Å²) in [5.41, 5.74) is -0.330. The molecule has 0 atom stereocenters. The van der Waals surface area contributed by atoms with Crippen LogP contribution in [0.5, 0.6) is 0 Å². The van der Waals surface area contributed by atoms with Crippen molar-refractivity contribution in [3.05, 3.63) is 47.3 Å². The van der Waals surface area contributed by atoms with Gasteiger partial charge in [-0.15, -0.1) is 0 Å². The van der Waals surface area contributed by atoms with Crippen molar-refractivity contribution in [1.29, 1.82) is 0 Å². The molecule has 8 heteroatoms. The third kappa shape index (κ3) is 4.13. The number of hydrogen-bond donors (Lipinski definition) is 3. The smallest absolute Gasteiger partial charge is 0.262 e. The van der Waals surface area contributed by atoms with E-state index in [1.165, 1.54) is 0 Å². The van der Waals surface area contributed by atoms with Gasteiger partial charge in [0.05, 0.1) is 11.6 Å². The predicted octanol–water partition coefficient (Wildman–Crippen LogP) is 3.07. The van der Waals surface area contributed by atoms with E-state index in [9.17, 15) is 4.79 Å². The quantitative estimate of drug-likeness (QED) is 0.599. The lowest BCUT2D eigenvalue weighted by Crippen LogP contribution is -2.29. The van der Waals surface area contributed by atoms with Gasteiger partial charge < -0.3 is 15.2 Å². The van der Waals surface area contributed by atoms with Crippen LogP contribution in [0.2, 0.25) is 0 Å². The summed E-state index contributed by atoms with van der Waals surface area (Å²) in [4.78, 5) is 25.8. The Morgan fingerprint density at radius 1 is 1.23 bits per heavy atom.